The first-order valence-corrected chi connectivity index (χ1v) is 9.23. The molecular formula is C18H26Cl2N2O. The first-order valence-electron chi connectivity index (χ1n) is 8.47. The van der Waals surface area contributed by atoms with Gasteiger partial charge < -0.3 is 10.2 Å². The molecule has 3 nitrogen and oxygen atoms in total. The van der Waals surface area contributed by atoms with Crippen molar-refractivity contribution in [2.45, 2.75) is 39.0 Å². The summed E-state index contributed by atoms with van der Waals surface area (Å²) in [6, 6.07) is 5.41. The van der Waals surface area contributed by atoms with Gasteiger partial charge in [0.15, 0.2) is 0 Å². The SMILES string of the molecule is CC1CCCN(CCCNC(=O)CCc2ccc(Cl)cc2Cl)C1. The van der Waals surface area contributed by atoms with Gasteiger partial charge in [0.2, 0.25) is 5.91 Å². The van der Waals surface area contributed by atoms with E-state index in [4.69, 9.17) is 23.2 Å². The highest BCUT2D eigenvalue weighted by molar-refractivity contribution is 6.35. The smallest absolute Gasteiger partial charge is 0.220 e. The van der Waals surface area contributed by atoms with Crippen molar-refractivity contribution in [3.63, 3.8) is 0 Å². The fourth-order valence-corrected chi connectivity index (χ4v) is 3.58. The van der Waals surface area contributed by atoms with Gasteiger partial charge in [-0.3, -0.25) is 4.79 Å². The number of nitrogens with zero attached hydrogens (tertiary/aromatic N) is 1. The topological polar surface area (TPSA) is 32.3 Å². The van der Waals surface area contributed by atoms with Gasteiger partial charge in [-0.2, -0.15) is 0 Å². The highest BCUT2D eigenvalue weighted by Gasteiger charge is 2.15. The minimum Gasteiger partial charge on any atom is -0.356 e. The van der Waals surface area contributed by atoms with Gasteiger partial charge in [-0.25, -0.2) is 0 Å². The Bertz CT molecular complexity index is 522. The third kappa shape index (κ3) is 6.70. The van der Waals surface area contributed by atoms with E-state index in [1.807, 2.05) is 6.07 Å². The Balaban J connectivity index is 1.60. The van der Waals surface area contributed by atoms with Crippen LogP contribution in [0.4, 0.5) is 0 Å². The van der Waals surface area contributed by atoms with Gasteiger partial charge in [-0.15, -0.1) is 0 Å². The summed E-state index contributed by atoms with van der Waals surface area (Å²) in [5.41, 5.74) is 0.966. The van der Waals surface area contributed by atoms with E-state index in [9.17, 15) is 4.79 Å². The highest BCUT2D eigenvalue weighted by Crippen LogP contribution is 2.22. The van der Waals surface area contributed by atoms with E-state index in [0.29, 0.717) is 22.9 Å². The molecule has 0 spiro atoms. The maximum Gasteiger partial charge on any atom is 0.220 e. The van der Waals surface area contributed by atoms with Gasteiger partial charge >= 0.3 is 0 Å². The second kappa shape index (κ2) is 9.51. The van der Waals surface area contributed by atoms with Crippen molar-refractivity contribution in [2.24, 2.45) is 5.92 Å². The zero-order chi connectivity index (χ0) is 16.7. The molecule has 1 atom stereocenters. The van der Waals surface area contributed by atoms with E-state index in [-0.39, 0.29) is 5.91 Å². The number of carbonyl (C=O) groups excluding carboxylic acids is 1. The number of rotatable bonds is 7. The number of halogens is 2. The lowest BCUT2D eigenvalue weighted by Crippen LogP contribution is -2.36. The Morgan fingerprint density at radius 1 is 1.39 bits per heavy atom. The van der Waals surface area contributed by atoms with E-state index in [2.05, 4.69) is 17.1 Å². The fourth-order valence-electron chi connectivity index (χ4n) is 3.08. The van der Waals surface area contributed by atoms with Crippen LogP contribution in [0.15, 0.2) is 18.2 Å². The van der Waals surface area contributed by atoms with E-state index in [1.165, 1.54) is 25.9 Å². The monoisotopic (exact) mass is 356 g/mol. The molecule has 0 bridgehead atoms. The summed E-state index contributed by atoms with van der Waals surface area (Å²) < 4.78 is 0. The quantitative estimate of drug-likeness (QED) is 0.743. The molecule has 23 heavy (non-hydrogen) atoms. The molecule has 1 aliphatic heterocycles. The van der Waals surface area contributed by atoms with Crippen LogP contribution in [-0.4, -0.2) is 37.0 Å². The molecule has 1 heterocycles. The van der Waals surface area contributed by atoms with Crippen LogP contribution < -0.4 is 5.32 Å². The Morgan fingerprint density at radius 2 is 2.22 bits per heavy atom. The third-order valence-electron chi connectivity index (χ3n) is 4.35. The van der Waals surface area contributed by atoms with E-state index >= 15 is 0 Å². The third-order valence-corrected chi connectivity index (χ3v) is 4.94. The standard InChI is InChI=1S/C18H26Cl2N2O/c1-14-4-2-10-22(13-14)11-3-9-21-18(23)8-6-15-5-7-16(19)12-17(15)20/h5,7,12,14H,2-4,6,8-11,13H2,1H3,(H,21,23). The fraction of sp³-hybridized carbons (Fsp3) is 0.611. The predicted molar refractivity (Wildman–Crippen MR) is 97.2 cm³/mol. The first-order chi connectivity index (χ1) is 11.0. The minimum absolute atomic E-state index is 0.0861. The molecule has 1 saturated heterocycles. The summed E-state index contributed by atoms with van der Waals surface area (Å²) in [4.78, 5) is 14.4. The molecule has 1 N–H and O–H groups in total. The molecule has 5 heteroatoms. The average Bonchev–Trinajstić information content (AvgIpc) is 2.51. The Kier molecular flexibility index (Phi) is 7.68. The second-order valence-electron chi connectivity index (χ2n) is 6.49. The van der Waals surface area contributed by atoms with Gasteiger partial charge in [0.25, 0.3) is 0 Å². The number of amides is 1. The zero-order valence-corrected chi connectivity index (χ0v) is 15.3. The first kappa shape index (κ1) is 18.6. The summed E-state index contributed by atoms with van der Waals surface area (Å²) in [5, 5.41) is 4.25. The molecule has 128 valence electrons. The lowest BCUT2D eigenvalue weighted by atomic mass is 10.0. The van der Waals surface area contributed by atoms with E-state index in [1.54, 1.807) is 12.1 Å². The maximum absolute atomic E-state index is 11.9. The highest BCUT2D eigenvalue weighted by atomic mass is 35.5. The molecular weight excluding hydrogens is 331 g/mol. The van der Waals surface area contributed by atoms with Crippen molar-refractivity contribution in [3.05, 3.63) is 33.8 Å². The number of benzene rings is 1. The van der Waals surface area contributed by atoms with Crippen molar-refractivity contribution in [2.75, 3.05) is 26.2 Å². The normalized spacial score (nSPS) is 18.8. The summed E-state index contributed by atoms with van der Waals surface area (Å²) in [7, 11) is 0. The Labute approximate surface area is 149 Å². The lowest BCUT2D eigenvalue weighted by Gasteiger charge is -2.30. The van der Waals surface area contributed by atoms with Crippen molar-refractivity contribution >= 4 is 29.1 Å². The number of carbonyl (C=O) groups is 1. The largest absolute Gasteiger partial charge is 0.356 e. The Morgan fingerprint density at radius 3 is 2.96 bits per heavy atom. The molecule has 0 saturated carbocycles. The number of hydrogen-bond donors (Lipinski definition) is 1. The number of aryl methyl sites for hydroxylation is 1. The van der Waals surface area contributed by atoms with Gasteiger partial charge in [-0.05, 0) is 62.4 Å². The van der Waals surface area contributed by atoms with Crippen molar-refractivity contribution in [1.29, 1.82) is 0 Å². The zero-order valence-electron chi connectivity index (χ0n) is 13.8. The van der Waals surface area contributed by atoms with E-state index in [0.717, 1.165) is 31.0 Å². The van der Waals surface area contributed by atoms with Crippen LogP contribution in [-0.2, 0) is 11.2 Å². The molecule has 1 aromatic rings. The van der Waals surface area contributed by atoms with Crippen LogP contribution in [0.2, 0.25) is 10.0 Å². The van der Waals surface area contributed by atoms with Crippen molar-refractivity contribution in [1.82, 2.24) is 10.2 Å². The van der Waals surface area contributed by atoms with Crippen LogP contribution in [0.1, 0.15) is 38.2 Å². The number of likely N-dealkylation sites (tertiary alicyclic amines) is 1. The van der Waals surface area contributed by atoms with E-state index < -0.39 is 0 Å². The number of hydrogen-bond acceptors (Lipinski definition) is 2. The van der Waals surface area contributed by atoms with Crippen molar-refractivity contribution < 1.29 is 4.79 Å². The summed E-state index contributed by atoms with van der Waals surface area (Å²) in [6.07, 6.45) is 4.77. The van der Waals surface area contributed by atoms with Gasteiger partial charge in [0.05, 0.1) is 0 Å². The summed E-state index contributed by atoms with van der Waals surface area (Å²) in [5.74, 6) is 0.894. The molecule has 1 amide bonds. The van der Waals surface area contributed by atoms with Gasteiger partial charge in [0.1, 0.15) is 0 Å². The maximum atomic E-state index is 11.9. The van der Waals surface area contributed by atoms with Crippen LogP contribution in [0.25, 0.3) is 0 Å². The molecule has 0 radical (unpaired) electrons. The van der Waals surface area contributed by atoms with Gasteiger partial charge in [0, 0.05) is 29.6 Å². The number of nitrogens with one attached hydrogen (secondary N) is 1. The minimum atomic E-state index is 0.0861. The Hall–Kier alpha value is -0.770. The molecule has 1 fully saturated rings. The summed E-state index contributed by atoms with van der Waals surface area (Å²) >= 11 is 12.0. The van der Waals surface area contributed by atoms with Crippen LogP contribution in [0.5, 0.6) is 0 Å². The van der Waals surface area contributed by atoms with Crippen LogP contribution in [0.3, 0.4) is 0 Å². The van der Waals surface area contributed by atoms with Gasteiger partial charge in [-0.1, -0.05) is 36.2 Å². The molecule has 0 aromatic heterocycles. The molecule has 1 aliphatic rings. The molecule has 1 unspecified atom stereocenters. The lowest BCUT2D eigenvalue weighted by molar-refractivity contribution is -0.121. The van der Waals surface area contributed by atoms with Crippen LogP contribution >= 0.6 is 23.2 Å². The van der Waals surface area contributed by atoms with Crippen molar-refractivity contribution in [3.8, 4) is 0 Å². The second-order valence-corrected chi connectivity index (χ2v) is 7.33. The average molecular weight is 357 g/mol. The molecule has 0 aliphatic carbocycles. The number of piperidine rings is 1. The molecule has 1 aromatic carbocycles. The molecule has 2 rings (SSSR count). The summed E-state index contributed by atoms with van der Waals surface area (Å²) in [6.45, 7) is 6.54. The van der Waals surface area contributed by atoms with Crippen LogP contribution in [0, 0.1) is 5.92 Å². The predicted octanol–water partition coefficient (Wildman–Crippen LogP) is 4.16.